The molecule has 0 saturated carbocycles. The van der Waals surface area contributed by atoms with Crippen molar-refractivity contribution in [3.05, 3.63) is 28.1 Å². The summed E-state index contributed by atoms with van der Waals surface area (Å²) in [6.45, 7) is 6.56. The second kappa shape index (κ2) is 7.21. The Bertz CT molecular complexity index is 498. The highest BCUT2D eigenvalue weighted by Gasteiger charge is 2.27. The van der Waals surface area contributed by atoms with Gasteiger partial charge in [0, 0.05) is 24.6 Å². The van der Waals surface area contributed by atoms with Gasteiger partial charge in [0.15, 0.2) is 0 Å². The summed E-state index contributed by atoms with van der Waals surface area (Å²) < 4.78 is 1.55. The number of carbonyl (C=O) groups is 1. The quantitative estimate of drug-likeness (QED) is 0.566. The van der Waals surface area contributed by atoms with Crippen LogP contribution in [0.1, 0.15) is 44.1 Å². The molecule has 21 heavy (non-hydrogen) atoms. The van der Waals surface area contributed by atoms with Crippen molar-refractivity contribution in [2.75, 3.05) is 13.2 Å². The Morgan fingerprint density at radius 3 is 2.48 bits per heavy atom. The average molecular weight is 297 g/mol. The molecule has 2 N–H and O–H groups in total. The number of carbonyl (C=O) groups excluding carboxylic acids is 1. The van der Waals surface area contributed by atoms with Crippen molar-refractivity contribution in [2.24, 2.45) is 5.41 Å². The molecule has 0 atom stereocenters. The van der Waals surface area contributed by atoms with Gasteiger partial charge >= 0.3 is 0 Å². The van der Waals surface area contributed by atoms with E-state index in [4.69, 9.17) is 0 Å². The summed E-state index contributed by atoms with van der Waals surface area (Å²) in [4.78, 5) is 22.5. The van der Waals surface area contributed by atoms with E-state index < -0.39 is 4.92 Å². The van der Waals surface area contributed by atoms with Crippen LogP contribution in [-0.4, -0.2) is 33.7 Å². The molecule has 0 radical (unpaired) electrons. The van der Waals surface area contributed by atoms with E-state index in [1.807, 2.05) is 20.8 Å². The number of aromatic nitrogens is 1. The average Bonchev–Trinajstić information content (AvgIpc) is 2.93. The zero-order valence-electron chi connectivity index (χ0n) is 12.8. The van der Waals surface area contributed by atoms with Gasteiger partial charge in [0.05, 0.1) is 17.7 Å². The summed E-state index contributed by atoms with van der Waals surface area (Å²) in [5.41, 5.74) is -0.171. The highest BCUT2D eigenvalue weighted by Crippen LogP contribution is 2.24. The fourth-order valence-corrected chi connectivity index (χ4v) is 2.18. The molecule has 1 heterocycles. The monoisotopic (exact) mass is 297 g/mol. The molecule has 0 aliphatic rings. The van der Waals surface area contributed by atoms with E-state index >= 15 is 0 Å². The van der Waals surface area contributed by atoms with Crippen molar-refractivity contribution in [1.82, 2.24) is 9.88 Å². The van der Waals surface area contributed by atoms with Gasteiger partial charge in [-0.3, -0.25) is 14.9 Å². The number of nitrogens with one attached hydrogen (secondary N) is 1. The molecule has 118 valence electrons. The fraction of sp³-hybridized carbons (Fsp3) is 0.643. The Balaban J connectivity index is 2.87. The van der Waals surface area contributed by atoms with Gasteiger partial charge in [0.25, 0.3) is 11.6 Å². The highest BCUT2D eigenvalue weighted by atomic mass is 16.6. The summed E-state index contributed by atoms with van der Waals surface area (Å²) in [6, 6.07) is 1.28. The van der Waals surface area contributed by atoms with E-state index in [0.29, 0.717) is 13.1 Å². The lowest BCUT2D eigenvalue weighted by Gasteiger charge is -2.29. The molecule has 7 heteroatoms. The number of nitro groups is 1. The van der Waals surface area contributed by atoms with Crippen LogP contribution >= 0.6 is 0 Å². The van der Waals surface area contributed by atoms with Gasteiger partial charge in [-0.1, -0.05) is 13.8 Å². The summed E-state index contributed by atoms with van der Waals surface area (Å²) in [5, 5.41) is 23.1. The number of aliphatic hydroxyl groups excluding tert-OH is 1. The number of hydrogen-bond acceptors (Lipinski definition) is 4. The minimum atomic E-state index is -0.515. The third-order valence-electron chi connectivity index (χ3n) is 4.13. The molecular formula is C14H23N3O4. The molecule has 0 saturated heterocycles. The van der Waals surface area contributed by atoms with E-state index in [1.165, 1.54) is 12.3 Å². The maximum Gasteiger partial charge on any atom is 0.287 e. The van der Waals surface area contributed by atoms with Gasteiger partial charge in [-0.25, -0.2) is 0 Å². The van der Waals surface area contributed by atoms with Crippen LogP contribution in [0.25, 0.3) is 0 Å². The lowest BCUT2D eigenvalue weighted by atomic mass is 9.83. The minimum Gasteiger partial charge on any atom is -0.396 e. The molecule has 0 aromatic carbocycles. The maximum atomic E-state index is 12.2. The third-order valence-corrected chi connectivity index (χ3v) is 4.13. The van der Waals surface area contributed by atoms with Crippen molar-refractivity contribution >= 4 is 11.6 Å². The first-order valence-corrected chi connectivity index (χ1v) is 7.16. The summed E-state index contributed by atoms with van der Waals surface area (Å²) in [7, 11) is 0. The topological polar surface area (TPSA) is 97.4 Å². The Hall–Kier alpha value is -1.89. The normalized spacial score (nSPS) is 11.4. The molecule has 0 unspecified atom stereocenters. The van der Waals surface area contributed by atoms with Gasteiger partial charge in [0.2, 0.25) is 0 Å². The number of nitrogens with zero attached hydrogens (tertiary/aromatic N) is 2. The zero-order valence-corrected chi connectivity index (χ0v) is 12.8. The summed E-state index contributed by atoms with van der Waals surface area (Å²) >= 11 is 0. The van der Waals surface area contributed by atoms with E-state index in [2.05, 4.69) is 5.32 Å². The molecule has 0 fully saturated rings. The van der Waals surface area contributed by atoms with E-state index in [9.17, 15) is 20.0 Å². The number of aliphatic hydroxyl groups is 1. The van der Waals surface area contributed by atoms with Crippen LogP contribution in [-0.2, 0) is 6.54 Å². The van der Waals surface area contributed by atoms with Crippen molar-refractivity contribution < 1.29 is 14.8 Å². The molecule has 1 aromatic rings. The third kappa shape index (κ3) is 3.81. The number of rotatable bonds is 8. The minimum absolute atomic E-state index is 0.00474. The first-order valence-electron chi connectivity index (χ1n) is 7.16. The van der Waals surface area contributed by atoms with Gasteiger partial charge in [-0.15, -0.1) is 0 Å². The zero-order chi connectivity index (χ0) is 16.0. The van der Waals surface area contributed by atoms with Crippen molar-refractivity contribution in [1.29, 1.82) is 0 Å². The van der Waals surface area contributed by atoms with E-state index in [0.717, 1.165) is 12.8 Å². The van der Waals surface area contributed by atoms with Gasteiger partial charge in [0.1, 0.15) is 5.69 Å². The van der Waals surface area contributed by atoms with Crippen molar-refractivity contribution in [2.45, 2.75) is 40.2 Å². The largest absolute Gasteiger partial charge is 0.396 e. The van der Waals surface area contributed by atoms with Gasteiger partial charge in [-0.05, 0) is 19.8 Å². The van der Waals surface area contributed by atoms with Crippen LogP contribution in [0.15, 0.2) is 12.3 Å². The number of hydrogen-bond donors (Lipinski definition) is 2. The van der Waals surface area contributed by atoms with Crippen molar-refractivity contribution in [3.8, 4) is 0 Å². The van der Waals surface area contributed by atoms with Crippen LogP contribution in [0.2, 0.25) is 0 Å². The Morgan fingerprint density at radius 1 is 1.43 bits per heavy atom. The van der Waals surface area contributed by atoms with Crippen molar-refractivity contribution in [3.63, 3.8) is 0 Å². The summed E-state index contributed by atoms with van der Waals surface area (Å²) in [6.07, 6.45) is 2.85. The molecular weight excluding hydrogens is 274 g/mol. The maximum absolute atomic E-state index is 12.2. The lowest BCUT2D eigenvalue weighted by Crippen LogP contribution is -2.39. The second-order valence-corrected chi connectivity index (χ2v) is 5.17. The fourth-order valence-electron chi connectivity index (χ4n) is 2.18. The van der Waals surface area contributed by atoms with Crippen LogP contribution in [0, 0.1) is 15.5 Å². The van der Waals surface area contributed by atoms with Gasteiger partial charge in [-0.2, -0.15) is 0 Å². The highest BCUT2D eigenvalue weighted by molar-refractivity contribution is 5.93. The first kappa shape index (κ1) is 17.2. The smallest absolute Gasteiger partial charge is 0.287 e. The SMILES string of the molecule is CCn1cc([N+](=O)[O-])cc1C(=O)NCC(CC)(CC)CO. The molecule has 1 aromatic heterocycles. The predicted molar refractivity (Wildman–Crippen MR) is 79.2 cm³/mol. The predicted octanol–water partition coefficient (Wildman–Crippen LogP) is 1.94. The Labute approximate surface area is 124 Å². The number of aryl methyl sites for hydroxylation is 1. The molecule has 0 aliphatic carbocycles. The lowest BCUT2D eigenvalue weighted by molar-refractivity contribution is -0.384. The van der Waals surface area contributed by atoms with Crippen LogP contribution in [0.4, 0.5) is 5.69 Å². The van der Waals surface area contributed by atoms with Gasteiger partial charge < -0.3 is 15.0 Å². The summed E-state index contributed by atoms with van der Waals surface area (Å²) in [5.74, 6) is -0.357. The molecule has 7 nitrogen and oxygen atoms in total. The van der Waals surface area contributed by atoms with Crippen LogP contribution in [0.5, 0.6) is 0 Å². The molecule has 0 bridgehead atoms. The number of amides is 1. The standard InChI is InChI=1S/C14H23N3O4/c1-4-14(5-2,10-18)9-15-13(19)12-7-11(17(20)21)8-16(12)6-3/h7-8,18H,4-6,9-10H2,1-3H3,(H,15,19). The Kier molecular flexibility index (Phi) is 5.90. The van der Waals surface area contributed by atoms with Crippen LogP contribution < -0.4 is 5.32 Å². The van der Waals surface area contributed by atoms with Crippen LogP contribution in [0.3, 0.4) is 0 Å². The second-order valence-electron chi connectivity index (χ2n) is 5.17. The van der Waals surface area contributed by atoms with E-state index in [1.54, 1.807) is 4.57 Å². The molecule has 0 spiro atoms. The Morgan fingerprint density at radius 2 is 2.05 bits per heavy atom. The molecule has 0 aliphatic heterocycles. The molecule has 1 amide bonds. The first-order chi connectivity index (χ1) is 9.92. The van der Waals surface area contributed by atoms with E-state index in [-0.39, 0.29) is 29.3 Å². The molecule has 1 rings (SSSR count).